The number of piperazine rings is 1. The average molecular weight is 198 g/mol. The number of hydrogen-bond acceptors (Lipinski definition) is 2. The van der Waals surface area contributed by atoms with E-state index in [1.54, 1.807) is 0 Å². The second kappa shape index (κ2) is 6.41. The molecule has 0 amide bonds. The van der Waals surface area contributed by atoms with Crippen LogP contribution in [0.1, 0.15) is 40.0 Å². The molecule has 1 rings (SSSR count). The number of nitrogens with one attached hydrogen (secondary N) is 1. The van der Waals surface area contributed by atoms with Crippen molar-refractivity contribution in [3.63, 3.8) is 0 Å². The fraction of sp³-hybridized carbons (Fsp3) is 1.00. The van der Waals surface area contributed by atoms with E-state index in [1.807, 2.05) is 0 Å². The Morgan fingerprint density at radius 1 is 1.43 bits per heavy atom. The molecule has 2 atom stereocenters. The fourth-order valence-corrected chi connectivity index (χ4v) is 2.09. The highest BCUT2D eigenvalue weighted by atomic mass is 15.2. The van der Waals surface area contributed by atoms with Crippen LogP contribution in [0.2, 0.25) is 0 Å². The number of nitrogens with zero attached hydrogens (tertiary/aromatic N) is 1. The van der Waals surface area contributed by atoms with Crippen molar-refractivity contribution in [3.8, 4) is 0 Å². The van der Waals surface area contributed by atoms with Gasteiger partial charge in [-0.15, -0.1) is 0 Å². The third-order valence-corrected chi connectivity index (χ3v) is 3.55. The summed E-state index contributed by atoms with van der Waals surface area (Å²) in [7, 11) is 0. The molecule has 0 aromatic rings. The molecule has 2 heteroatoms. The van der Waals surface area contributed by atoms with Gasteiger partial charge in [0.15, 0.2) is 0 Å². The van der Waals surface area contributed by atoms with Gasteiger partial charge in [-0.1, -0.05) is 27.2 Å². The first kappa shape index (κ1) is 12.0. The Bertz CT molecular complexity index is 147. The van der Waals surface area contributed by atoms with Gasteiger partial charge >= 0.3 is 0 Å². The highest BCUT2D eigenvalue weighted by Crippen LogP contribution is 2.12. The highest BCUT2D eigenvalue weighted by molar-refractivity contribution is 4.78. The quantitative estimate of drug-likeness (QED) is 0.728. The van der Waals surface area contributed by atoms with Crippen LogP contribution in [0, 0.1) is 5.92 Å². The van der Waals surface area contributed by atoms with E-state index in [1.165, 1.54) is 45.4 Å². The second-order valence-electron chi connectivity index (χ2n) is 4.60. The van der Waals surface area contributed by atoms with Gasteiger partial charge in [0.25, 0.3) is 0 Å². The van der Waals surface area contributed by atoms with Crippen LogP contribution >= 0.6 is 0 Å². The van der Waals surface area contributed by atoms with E-state index in [4.69, 9.17) is 0 Å². The van der Waals surface area contributed by atoms with Gasteiger partial charge in [0, 0.05) is 25.7 Å². The van der Waals surface area contributed by atoms with E-state index in [-0.39, 0.29) is 0 Å². The van der Waals surface area contributed by atoms with Crippen molar-refractivity contribution in [1.29, 1.82) is 0 Å². The van der Waals surface area contributed by atoms with Gasteiger partial charge in [0.2, 0.25) is 0 Å². The summed E-state index contributed by atoms with van der Waals surface area (Å²) in [6, 6.07) is 0.785. The molecule has 1 N–H and O–H groups in total. The molecule has 2 nitrogen and oxygen atoms in total. The Labute approximate surface area is 89.1 Å². The summed E-state index contributed by atoms with van der Waals surface area (Å²) in [4.78, 5) is 2.67. The zero-order chi connectivity index (χ0) is 10.4. The molecule has 0 saturated carbocycles. The average Bonchev–Trinajstić information content (AvgIpc) is 2.26. The maximum absolute atomic E-state index is 3.48. The smallest absolute Gasteiger partial charge is 0.0218 e. The molecule has 1 saturated heterocycles. The summed E-state index contributed by atoms with van der Waals surface area (Å²) < 4.78 is 0. The van der Waals surface area contributed by atoms with E-state index in [0.717, 1.165) is 12.0 Å². The zero-order valence-electron chi connectivity index (χ0n) is 10.1. The van der Waals surface area contributed by atoms with E-state index in [2.05, 4.69) is 31.0 Å². The van der Waals surface area contributed by atoms with Crippen molar-refractivity contribution >= 4 is 0 Å². The standard InChI is InChI=1S/C12H26N2/c1-4-11(3)6-8-14-9-7-13-10-12(14)5-2/h11-13H,4-10H2,1-3H3. The molecule has 0 bridgehead atoms. The molecule has 0 aromatic heterocycles. The van der Waals surface area contributed by atoms with Crippen LogP contribution < -0.4 is 5.32 Å². The lowest BCUT2D eigenvalue weighted by Gasteiger charge is -2.36. The first-order chi connectivity index (χ1) is 6.77. The van der Waals surface area contributed by atoms with Gasteiger partial charge in [-0.2, -0.15) is 0 Å². The monoisotopic (exact) mass is 198 g/mol. The van der Waals surface area contributed by atoms with Gasteiger partial charge in [0.1, 0.15) is 0 Å². The molecule has 0 aliphatic carbocycles. The van der Waals surface area contributed by atoms with Crippen LogP contribution in [0.15, 0.2) is 0 Å². The van der Waals surface area contributed by atoms with Gasteiger partial charge < -0.3 is 5.32 Å². The predicted molar refractivity (Wildman–Crippen MR) is 62.6 cm³/mol. The first-order valence-electron chi connectivity index (χ1n) is 6.22. The minimum atomic E-state index is 0.785. The van der Waals surface area contributed by atoms with E-state index in [9.17, 15) is 0 Å². The maximum Gasteiger partial charge on any atom is 0.0218 e. The van der Waals surface area contributed by atoms with E-state index in [0.29, 0.717) is 0 Å². The van der Waals surface area contributed by atoms with Crippen LogP contribution in [0.25, 0.3) is 0 Å². The third-order valence-electron chi connectivity index (χ3n) is 3.55. The molecule has 2 unspecified atom stereocenters. The topological polar surface area (TPSA) is 15.3 Å². The van der Waals surface area contributed by atoms with Crippen LogP contribution in [-0.2, 0) is 0 Å². The summed E-state index contributed by atoms with van der Waals surface area (Å²) in [5.74, 6) is 0.891. The Balaban J connectivity index is 2.26. The summed E-state index contributed by atoms with van der Waals surface area (Å²) in [5, 5.41) is 3.48. The largest absolute Gasteiger partial charge is 0.314 e. The van der Waals surface area contributed by atoms with Crippen molar-refractivity contribution in [2.75, 3.05) is 26.2 Å². The van der Waals surface area contributed by atoms with E-state index >= 15 is 0 Å². The zero-order valence-corrected chi connectivity index (χ0v) is 10.1. The molecular formula is C12H26N2. The van der Waals surface area contributed by atoms with Gasteiger partial charge in [-0.3, -0.25) is 4.90 Å². The number of hydrogen-bond donors (Lipinski definition) is 1. The Morgan fingerprint density at radius 2 is 2.21 bits per heavy atom. The Hall–Kier alpha value is -0.0800. The highest BCUT2D eigenvalue weighted by Gasteiger charge is 2.19. The lowest BCUT2D eigenvalue weighted by molar-refractivity contribution is 0.148. The lowest BCUT2D eigenvalue weighted by atomic mass is 10.0. The molecule has 1 aliphatic rings. The minimum Gasteiger partial charge on any atom is -0.314 e. The Kier molecular flexibility index (Phi) is 5.49. The third kappa shape index (κ3) is 3.58. The predicted octanol–water partition coefficient (Wildman–Crippen LogP) is 2.11. The van der Waals surface area contributed by atoms with E-state index < -0.39 is 0 Å². The van der Waals surface area contributed by atoms with Gasteiger partial charge in [0.05, 0.1) is 0 Å². The lowest BCUT2D eigenvalue weighted by Crippen LogP contribution is -2.51. The number of rotatable bonds is 5. The van der Waals surface area contributed by atoms with Crippen molar-refractivity contribution < 1.29 is 0 Å². The fourth-order valence-electron chi connectivity index (χ4n) is 2.09. The first-order valence-corrected chi connectivity index (χ1v) is 6.22. The summed E-state index contributed by atoms with van der Waals surface area (Å²) in [6.07, 6.45) is 3.98. The van der Waals surface area contributed by atoms with Crippen LogP contribution in [0.5, 0.6) is 0 Å². The summed E-state index contributed by atoms with van der Waals surface area (Å²) in [5.41, 5.74) is 0. The van der Waals surface area contributed by atoms with Crippen LogP contribution in [-0.4, -0.2) is 37.1 Å². The van der Waals surface area contributed by atoms with Gasteiger partial charge in [-0.05, 0) is 25.3 Å². The van der Waals surface area contributed by atoms with Crippen molar-refractivity contribution in [3.05, 3.63) is 0 Å². The van der Waals surface area contributed by atoms with Crippen molar-refractivity contribution in [2.45, 2.75) is 46.1 Å². The molecule has 1 aliphatic heterocycles. The molecule has 14 heavy (non-hydrogen) atoms. The maximum atomic E-state index is 3.48. The molecule has 1 heterocycles. The SMILES string of the molecule is CCC(C)CCN1CCNCC1CC. The molecule has 84 valence electrons. The molecule has 1 fully saturated rings. The van der Waals surface area contributed by atoms with Gasteiger partial charge in [-0.25, -0.2) is 0 Å². The molecule has 0 aromatic carbocycles. The van der Waals surface area contributed by atoms with Crippen LogP contribution in [0.4, 0.5) is 0 Å². The normalized spacial score (nSPS) is 26.4. The second-order valence-corrected chi connectivity index (χ2v) is 4.60. The summed E-state index contributed by atoms with van der Waals surface area (Å²) in [6.45, 7) is 11.9. The Morgan fingerprint density at radius 3 is 2.86 bits per heavy atom. The van der Waals surface area contributed by atoms with Crippen LogP contribution in [0.3, 0.4) is 0 Å². The molecule has 0 radical (unpaired) electrons. The molecule has 0 spiro atoms. The van der Waals surface area contributed by atoms with Crippen molar-refractivity contribution in [1.82, 2.24) is 10.2 Å². The molecular weight excluding hydrogens is 172 g/mol. The summed E-state index contributed by atoms with van der Waals surface area (Å²) >= 11 is 0. The minimum absolute atomic E-state index is 0.785. The van der Waals surface area contributed by atoms with Crippen molar-refractivity contribution in [2.24, 2.45) is 5.92 Å².